The van der Waals surface area contributed by atoms with Crippen LogP contribution < -0.4 is 4.90 Å². The predicted octanol–water partition coefficient (Wildman–Crippen LogP) is 2.02. The zero-order valence-electron chi connectivity index (χ0n) is 11.7. The minimum Gasteiger partial charge on any atom is -0.391 e. The first kappa shape index (κ1) is 14.1. The number of benzene rings is 1. The van der Waals surface area contributed by atoms with Gasteiger partial charge in [-0.1, -0.05) is 18.2 Å². The summed E-state index contributed by atoms with van der Waals surface area (Å²) in [5.74, 6) is 0.839. The molecule has 1 heterocycles. The van der Waals surface area contributed by atoms with Gasteiger partial charge in [0.2, 0.25) is 0 Å². The summed E-state index contributed by atoms with van der Waals surface area (Å²) in [5.41, 5.74) is 2.54. The molecule has 0 spiro atoms. The number of nitriles is 1. The molecular weight excluding hydrogens is 252 g/mol. The number of nitrogens with zero attached hydrogens (tertiary/aromatic N) is 4. The van der Waals surface area contributed by atoms with Crippen LogP contribution in [-0.2, 0) is 6.61 Å². The number of anilines is 1. The average molecular weight is 270 g/mol. The summed E-state index contributed by atoms with van der Waals surface area (Å²) >= 11 is 0. The molecule has 0 aliphatic carbocycles. The number of aryl methyl sites for hydroxylation is 1. The van der Waals surface area contributed by atoms with E-state index in [4.69, 9.17) is 5.26 Å². The van der Waals surface area contributed by atoms with Crippen molar-refractivity contribution in [1.29, 1.82) is 5.26 Å². The van der Waals surface area contributed by atoms with E-state index in [9.17, 15) is 5.11 Å². The van der Waals surface area contributed by atoms with E-state index in [2.05, 4.69) is 11.2 Å². The molecule has 2 aromatic rings. The van der Waals surface area contributed by atoms with E-state index in [0.717, 1.165) is 22.8 Å². The van der Waals surface area contributed by atoms with Gasteiger partial charge in [-0.15, -0.1) is 0 Å². The first-order valence-electron chi connectivity index (χ1n) is 6.52. The van der Waals surface area contributed by atoms with Gasteiger partial charge >= 0.3 is 0 Å². The maximum atomic E-state index is 9.59. The van der Waals surface area contributed by atoms with E-state index in [-0.39, 0.29) is 6.61 Å². The Kier molecular flexibility index (Phi) is 4.38. The third-order valence-electron chi connectivity index (χ3n) is 3.24. The summed E-state index contributed by atoms with van der Waals surface area (Å²) in [6, 6.07) is 11.9. The second-order valence-corrected chi connectivity index (χ2v) is 4.62. The van der Waals surface area contributed by atoms with E-state index >= 15 is 0 Å². The lowest BCUT2D eigenvalue weighted by Crippen LogP contribution is -2.22. The van der Waals surface area contributed by atoms with Crippen LogP contribution in [0.3, 0.4) is 0 Å². The molecule has 2 rings (SSSR count). The normalized spacial score (nSPS) is 10.3. The molecule has 0 amide bonds. The zero-order valence-corrected chi connectivity index (χ0v) is 11.7. The molecule has 0 saturated heterocycles. The van der Waals surface area contributed by atoms with Crippen LogP contribution in [0.25, 0.3) is 5.69 Å². The Bertz CT molecular complexity index is 613. The summed E-state index contributed by atoms with van der Waals surface area (Å²) in [5, 5.41) is 22.8. The molecule has 20 heavy (non-hydrogen) atoms. The van der Waals surface area contributed by atoms with Crippen molar-refractivity contribution in [1.82, 2.24) is 9.78 Å². The predicted molar refractivity (Wildman–Crippen MR) is 77.7 cm³/mol. The lowest BCUT2D eigenvalue weighted by Gasteiger charge is -2.20. The molecule has 1 aromatic heterocycles. The van der Waals surface area contributed by atoms with Crippen LogP contribution in [0.4, 0.5) is 5.82 Å². The van der Waals surface area contributed by atoms with Gasteiger partial charge < -0.3 is 10.0 Å². The Morgan fingerprint density at radius 1 is 1.35 bits per heavy atom. The second-order valence-electron chi connectivity index (χ2n) is 4.62. The summed E-state index contributed by atoms with van der Waals surface area (Å²) < 4.78 is 1.82. The molecule has 0 fully saturated rings. The van der Waals surface area contributed by atoms with Gasteiger partial charge in [0.1, 0.15) is 5.82 Å². The summed E-state index contributed by atoms with van der Waals surface area (Å²) in [6.45, 7) is 2.42. The first-order valence-corrected chi connectivity index (χ1v) is 6.52. The van der Waals surface area contributed by atoms with Crippen molar-refractivity contribution in [3.63, 3.8) is 0 Å². The first-order chi connectivity index (χ1) is 9.69. The highest BCUT2D eigenvalue weighted by Crippen LogP contribution is 2.26. The molecule has 0 atom stereocenters. The Hall–Kier alpha value is -2.32. The minimum atomic E-state index is -0.0646. The van der Waals surface area contributed by atoms with Crippen molar-refractivity contribution >= 4 is 5.82 Å². The van der Waals surface area contributed by atoms with Gasteiger partial charge in [0.15, 0.2) is 0 Å². The highest BCUT2D eigenvalue weighted by molar-refractivity contribution is 5.54. The molecule has 5 nitrogen and oxygen atoms in total. The van der Waals surface area contributed by atoms with Crippen LogP contribution in [0.1, 0.15) is 17.7 Å². The fraction of sp³-hybridized carbons (Fsp3) is 0.333. The summed E-state index contributed by atoms with van der Waals surface area (Å²) in [4.78, 5) is 1.96. The average Bonchev–Trinajstić information content (AvgIpc) is 2.82. The van der Waals surface area contributed by atoms with Crippen LogP contribution in [0.15, 0.2) is 30.3 Å². The highest BCUT2D eigenvalue weighted by atomic mass is 16.3. The van der Waals surface area contributed by atoms with E-state index in [0.29, 0.717) is 13.0 Å². The number of aromatic nitrogens is 2. The summed E-state index contributed by atoms with van der Waals surface area (Å²) in [7, 11) is 1.91. The van der Waals surface area contributed by atoms with Gasteiger partial charge in [-0.2, -0.15) is 10.4 Å². The van der Waals surface area contributed by atoms with Crippen molar-refractivity contribution in [2.24, 2.45) is 0 Å². The Morgan fingerprint density at radius 3 is 2.65 bits per heavy atom. The number of aliphatic hydroxyl groups is 1. The summed E-state index contributed by atoms with van der Waals surface area (Å²) in [6.07, 6.45) is 0.431. The van der Waals surface area contributed by atoms with Gasteiger partial charge in [-0.05, 0) is 19.1 Å². The fourth-order valence-electron chi connectivity index (χ4n) is 2.20. The Morgan fingerprint density at radius 2 is 2.05 bits per heavy atom. The van der Waals surface area contributed by atoms with Crippen molar-refractivity contribution in [2.45, 2.75) is 20.0 Å². The van der Waals surface area contributed by atoms with Crippen LogP contribution in [-0.4, -0.2) is 28.5 Å². The standard InChI is InChI=1S/C15H18N4O/c1-12-14(11-20)15(18(2)10-6-9-16)19(17-12)13-7-4-3-5-8-13/h3-5,7-8,20H,6,10-11H2,1-2H3. The smallest absolute Gasteiger partial charge is 0.137 e. The van der Waals surface area contributed by atoms with Crippen LogP contribution in [0.5, 0.6) is 0 Å². The fourth-order valence-corrected chi connectivity index (χ4v) is 2.20. The number of aliphatic hydroxyl groups excluding tert-OH is 1. The number of para-hydroxylation sites is 1. The number of hydrogen-bond donors (Lipinski definition) is 1. The SMILES string of the molecule is Cc1nn(-c2ccccc2)c(N(C)CCC#N)c1CO. The van der Waals surface area contributed by atoms with E-state index in [1.165, 1.54) is 0 Å². The lowest BCUT2D eigenvalue weighted by atomic mass is 10.2. The van der Waals surface area contributed by atoms with Gasteiger partial charge in [-0.3, -0.25) is 0 Å². The molecule has 1 N–H and O–H groups in total. The molecule has 0 unspecified atom stereocenters. The maximum Gasteiger partial charge on any atom is 0.137 e. The minimum absolute atomic E-state index is 0.0646. The molecular formula is C15H18N4O. The molecule has 0 radical (unpaired) electrons. The molecule has 0 aliphatic rings. The van der Waals surface area contributed by atoms with Gasteiger partial charge in [-0.25, -0.2) is 4.68 Å². The third kappa shape index (κ3) is 2.65. The van der Waals surface area contributed by atoms with Crippen molar-refractivity contribution in [2.75, 3.05) is 18.5 Å². The molecule has 0 bridgehead atoms. The zero-order chi connectivity index (χ0) is 14.5. The van der Waals surface area contributed by atoms with Crippen LogP contribution in [0.2, 0.25) is 0 Å². The molecule has 1 aromatic carbocycles. The van der Waals surface area contributed by atoms with E-state index in [1.807, 2.05) is 53.9 Å². The highest BCUT2D eigenvalue weighted by Gasteiger charge is 2.18. The topological polar surface area (TPSA) is 65.1 Å². The third-order valence-corrected chi connectivity index (χ3v) is 3.24. The van der Waals surface area contributed by atoms with Crippen molar-refractivity contribution < 1.29 is 5.11 Å². The van der Waals surface area contributed by atoms with Gasteiger partial charge in [0.25, 0.3) is 0 Å². The maximum absolute atomic E-state index is 9.59. The Balaban J connectivity index is 2.50. The van der Waals surface area contributed by atoms with Gasteiger partial charge in [0.05, 0.1) is 30.5 Å². The molecule has 5 heteroatoms. The Labute approximate surface area is 118 Å². The monoisotopic (exact) mass is 270 g/mol. The van der Waals surface area contributed by atoms with E-state index in [1.54, 1.807) is 0 Å². The van der Waals surface area contributed by atoms with Crippen LogP contribution >= 0.6 is 0 Å². The largest absolute Gasteiger partial charge is 0.391 e. The molecule has 0 aliphatic heterocycles. The van der Waals surface area contributed by atoms with Gasteiger partial charge in [0, 0.05) is 19.2 Å². The molecule has 104 valence electrons. The second kappa shape index (κ2) is 6.22. The number of rotatable bonds is 5. The van der Waals surface area contributed by atoms with Crippen molar-refractivity contribution in [3.8, 4) is 11.8 Å². The number of hydrogen-bond acceptors (Lipinski definition) is 4. The van der Waals surface area contributed by atoms with E-state index < -0.39 is 0 Å². The quantitative estimate of drug-likeness (QED) is 0.902. The van der Waals surface area contributed by atoms with Crippen LogP contribution in [0, 0.1) is 18.3 Å². The molecule has 0 saturated carbocycles. The van der Waals surface area contributed by atoms with Crippen molar-refractivity contribution in [3.05, 3.63) is 41.6 Å². The lowest BCUT2D eigenvalue weighted by molar-refractivity contribution is 0.281.